The van der Waals surface area contributed by atoms with E-state index < -0.39 is 22.6 Å². The van der Waals surface area contributed by atoms with Gasteiger partial charge >= 0.3 is 11.7 Å². The minimum Gasteiger partial charge on any atom is -0.358 e. The molecule has 0 aliphatic rings. The molecule has 7 heteroatoms. The van der Waals surface area contributed by atoms with Crippen LogP contribution in [0.25, 0.3) is 0 Å². The predicted molar refractivity (Wildman–Crippen MR) is 53.7 cm³/mol. The second-order valence-electron chi connectivity index (χ2n) is 2.87. The monoisotopic (exact) mass is 223 g/mol. The Hall–Kier alpha value is -2.31. The molecule has 0 bridgehead atoms. The number of aromatic nitrogens is 1. The Bertz CT molecular complexity index is 444. The van der Waals surface area contributed by atoms with Crippen molar-refractivity contribution in [3.05, 3.63) is 34.0 Å². The largest absolute Gasteiger partial charge is 0.364 e. The Balaban J connectivity index is 2.88. The van der Waals surface area contributed by atoms with E-state index in [0.29, 0.717) is 0 Å². The number of pyridine rings is 1. The van der Waals surface area contributed by atoms with Crippen molar-refractivity contribution < 1.29 is 14.5 Å². The molecular weight excluding hydrogens is 214 g/mol. The van der Waals surface area contributed by atoms with Gasteiger partial charge < -0.3 is 10.1 Å². The number of amides is 2. The molecule has 0 aromatic carbocycles. The van der Waals surface area contributed by atoms with Crippen molar-refractivity contribution in [2.75, 3.05) is 0 Å². The Morgan fingerprint density at radius 3 is 2.75 bits per heavy atom. The third kappa shape index (κ3) is 2.84. The molecule has 84 valence electrons. The topological polar surface area (TPSA) is 102 Å². The number of imide groups is 1. The second kappa shape index (κ2) is 4.96. The summed E-state index contributed by atoms with van der Waals surface area (Å²) in [5.74, 6) is -1.63. The molecule has 1 heterocycles. The minimum absolute atomic E-state index is 0.153. The van der Waals surface area contributed by atoms with Gasteiger partial charge in [-0.3, -0.25) is 14.9 Å². The van der Waals surface area contributed by atoms with Crippen molar-refractivity contribution in [2.24, 2.45) is 0 Å². The van der Waals surface area contributed by atoms with Crippen molar-refractivity contribution in [3.63, 3.8) is 0 Å². The number of hydrogen-bond donors (Lipinski definition) is 1. The van der Waals surface area contributed by atoms with E-state index in [4.69, 9.17) is 0 Å². The summed E-state index contributed by atoms with van der Waals surface area (Å²) in [6, 6.07) is 3.79. The molecule has 1 rings (SSSR count). The van der Waals surface area contributed by atoms with E-state index >= 15 is 0 Å². The molecular formula is C9H9N3O4. The van der Waals surface area contributed by atoms with Crippen LogP contribution in [-0.2, 0) is 4.79 Å². The molecule has 0 saturated heterocycles. The summed E-state index contributed by atoms with van der Waals surface area (Å²) >= 11 is 0. The molecule has 7 nitrogen and oxygen atoms in total. The summed E-state index contributed by atoms with van der Waals surface area (Å²) in [4.78, 5) is 35.5. The van der Waals surface area contributed by atoms with Gasteiger partial charge in [0.15, 0.2) is 0 Å². The van der Waals surface area contributed by atoms with Gasteiger partial charge in [-0.15, -0.1) is 0 Å². The Morgan fingerprint density at radius 1 is 1.50 bits per heavy atom. The van der Waals surface area contributed by atoms with Gasteiger partial charge in [-0.2, -0.15) is 0 Å². The van der Waals surface area contributed by atoms with Crippen LogP contribution in [0, 0.1) is 10.1 Å². The van der Waals surface area contributed by atoms with Crippen LogP contribution in [0.3, 0.4) is 0 Å². The van der Waals surface area contributed by atoms with Gasteiger partial charge in [0, 0.05) is 12.5 Å². The fourth-order valence-corrected chi connectivity index (χ4v) is 0.930. The fraction of sp³-hybridized carbons (Fsp3) is 0.222. The highest BCUT2D eigenvalue weighted by molar-refractivity contribution is 6.03. The number of nitro groups is 1. The number of rotatable bonds is 3. The molecule has 1 aromatic heterocycles. The van der Waals surface area contributed by atoms with Crippen molar-refractivity contribution in [1.82, 2.24) is 10.3 Å². The summed E-state index contributed by atoms with van der Waals surface area (Å²) in [5, 5.41) is 12.4. The third-order valence-corrected chi connectivity index (χ3v) is 1.73. The quantitative estimate of drug-likeness (QED) is 0.598. The van der Waals surface area contributed by atoms with Gasteiger partial charge in [0.1, 0.15) is 0 Å². The van der Waals surface area contributed by atoms with E-state index in [1.54, 1.807) is 6.92 Å². The third-order valence-electron chi connectivity index (χ3n) is 1.73. The normalized spacial score (nSPS) is 9.56. The van der Waals surface area contributed by atoms with Crippen LogP contribution in [0.15, 0.2) is 18.2 Å². The van der Waals surface area contributed by atoms with E-state index in [1.165, 1.54) is 18.2 Å². The lowest BCUT2D eigenvalue weighted by Gasteiger charge is -1.98. The van der Waals surface area contributed by atoms with Gasteiger partial charge in [0.25, 0.3) is 0 Å². The van der Waals surface area contributed by atoms with Crippen LogP contribution >= 0.6 is 0 Å². The van der Waals surface area contributed by atoms with Gasteiger partial charge in [-0.25, -0.2) is 0 Å². The van der Waals surface area contributed by atoms with Crippen LogP contribution in [0.2, 0.25) is 0 Å². The zero-order valence-corrected chi connectivity index (χ0v) is 8.47. The number of hydrogen-bond acceptors (Lipinski definition) is 5. The molecule has 0 radical (unpaired) electrons. The maximum Gasteiger partial charge on any atom is 0.364 e. The maximum absolute atomic E-state index is 11.4. The predicted octanol–water partition coefficient (Wildman–Crippen LogP) is 0.656. The molecule has 16 heavy (non-hydrogen) atoms. The maximum atomic E-state index is 11.4. The summed E-state index contributed by atoms with van der Waals surface area (Å²) in [5.41, 5.74) is -0.156. The highest BCUT2D eigenvalue weighted by atomic mass is 16.6. The van der Waals surface area contributed by atoms with Crippen LogP contribution in [-0.4, -0.2) is 21.7 Å². The lowest BCUT2D eigenvalue weighted by molar-refractivity contribution is -0.389. The molecule has 1 N–H and O–H groups in total. The lowest BCUT2D eigenvalue weighted by atomic mass is 10.3. The summed E-state index contributed by atoms with van der Waals surface area (Å²) < 4.78 is 0. The molecule has 0 saturated carbocycles. The van der Waals surface area contributed by atoms with E-state index in [2.05, 4.69) is 4.98 Å². The Labute approximate surface area is 90.6 Å². The molecule has 0 aliphatic carbocycles. The minimum atomic E-state index is -0.740. The number of carbonyl (C=O) groups is 2. The fourth-order valence-electron chi connectivity index (χ4n) is 0.930. The van der Waals surface area contributed by atoms with Gasteiger partial charge in [0.05, 0.1) is 0 Å². The molecule has 0 unspecified atom stereocenters. The van der Waals surface area contributed by atoms with Crippen LogP contribution in [0.1, 0.15) is 23.8 Å². The first-order chi connectivity index (χ1) is 7.54. The number of nitrogens with one attached hydrogen (secondary N) is 1. The second-order valence-corrected chi connectivity index (χ2v) is 2.87. The first-order valence-corrected chi connectivity index (χ1v) is 4.50. The first-order valence-electron chi connectivity index (χ1n) is 4.50. The number of carbonyl (C=O) groups excluding carboxylic acids is 2. The lowest BCUT2D eigenvalue weighted by Crippen LogP contribution is -2.30. The van der Waals surface area contributed by atoms with Crippen molar-refractivity contribution in [2.45, 2.75) is 13.3 Å². The van der Waals surface area contributed by atoms with Crippen LogP contribution in [0.5, 0.6) is 0 Å². The van der Waals surface area contributed by atoms with E-state index in [-0.39, 0.29) is 12.1 Å². The standard InChI is InChI=1S/C9H9N3O4/c1-2-8(13)11-9(14)6-4-3-5-7(10-6)12(15)16/h3-5H,2H2,1H3,(H,11,13,14). The first kappa shape index (κ1) is 11.8. The van der Waals surface area contributed by atoms with Crippen molar-refractivity contribution in [3.8, 4) is 0 Å². The van der Waals surface area contributed by atoms with Crippen LogP contribution in [0.4, 0.5) is 5.82 Å². The molecule has 0 fully saturated rings. The Kier molecular flexibility index (Phi) is 3.65. The summed E-state index contributed by atoms with van der Waals surface area (Å²) in [6.07, 6.45) is 0.153. The highest BCUT2D eigenvalue weighted by Gasteiger charge is 2.17. The summed E-state index contributed by atoms with van der Waals surface area (Å²) in [7, 11) is 0. The van der Waals surface area contributed by atoms with Gasteiger partial charge in [0.2, 0.25) is 11.6 Å². The molecule has 0 spiro atoms. The smallest absolute Gasteiger partial charge is 0.358 e. The van der Waals surface area contributed by atoms with Gasteiger partial charge in [-0.1, -0.05) is 6.92 Å². The molecule has 0 atom stereocenters. The Morgan fingerprint density at radius 2 is 2.19 bits per heavy atom. The molecule has 1 aromatic rings. The van der Waals surface area contributed by atoms with Crippen molar-refractivity contribution in [1.29, 1.82) is 0 Å². The SMILES string of the molecule is CCC(=O)NC(=O)c1cccc([N+](=O)[O-])n1. The van der Waals surface area contributed by atoms with Crippen molar-refractivity contribution >= 4 is 17.6 Å². The molecule has 0 aliphatic heterocycles. The van der Waals surface area contributed by atoms with Crippen LogP contribution < -0.4 is 5.32 Å². The number of nitrogens with zero attached hydrogens (tertiary/aromatic N) is 2. The van der Waals surface area contributed by atoms with E-state index in [1.807, 2.05) is 5.32 Å². The zero-order valence-electron chi connectivity index (χ0n) is 8.47. The zero-order chi connectivity index (χ0) is 12.1. The average molecular weight is 223 g/mol. The summed E-state index contributed by atoms with van der Waals surface area (Å²) in [6.45, 7) is 1.59. The molecule has 2 amide bonds. The van der Waals surface area contributed by atoms with E-state index in [9.17, 15) is 19.7 Å². The van der Waals surface area contributed by atoms with Gasteiger partial charge in [-0.05, 0) is 22.0 Å². The average Bonchev–Trinajstić information content (AvgIpc) is 2.28. The van der Waals surface area contributed by atoms with E-state index in [0.717, 1.165) is 0 Å². The highest BCUT2D eigenvalue weighted by Crippen LogP contribution is 2.07.